The number of amides is 2. The molecule has 3 heterocycles. The van der Waals surface area contributed by atoms with Crippen LogP contribution in [-0.4, -0.2) is 171 Å². The predicted molar refractivity (Wildman–Crippen MR) is 390 cm³/mol. The molecule has 2 amide bonds. The van der Waals surface area contributed by atoms with Gasteiger partial charge in [-0.15, -0.1) is 0 Å². The molecular formula is C70H93F3N16O16. The summed E-state index contributed by atoms with van der Waals surface area (Å²) in [6.45, 7) is 7.95. The van der Waals surface area contributed by atoms with Gasteiger partial charge in [-0.05, 0) is 125 Å². The SMILES string of the molecule is CC(N)=NCCC[C@@H](N)C(=O)O.COC(=O)[C@@H](CCCN=C(C)N)NC(=O)c1cccn(Cc2ccccc2)c1=O.COC(=O)[C@H](N)CCCN=C(C)N.NC(N)=NCCC[C@@H](NC(=O)c1cccn(Cc2ccccc2)c1=O)C(=O)O.O=C(O)c1cccn(Cc2ccccc2)c1=O.O=CC(F)(F)F. The first-order valence-corrected chi connectivity index (χ1v) is 32.2. The number of aldehydes is 1. The van der Waals surface area contributed by atoms with Crippen LogP contribution < -0.4 is 67.4 Å². The fraction of sp³-hybridized carbons (Fsp3) is 0.357. The standard InChI is InChI=1S/C21H26N4O4.C19H23N5O4.C13H11NO3.C8H17N3O2.C7H15N3O2.C2HF3O/c1-15(22)23-12-6-11-18(21(28)29-2)24-19(26)17-10-7-13-25(20(17)27)14-16-8-4-3-5-9-16;20-19(21)22-10-4-9-15(18(27)28)23-16(25)14-8-5-11-24(17(14)26)12-13-6-2-1-3-7-13;15-12-11(13(16)17)7-4-8-14(12)9-10-5-2-1-3-6-10;1-6(9)11-5-3-4-7(10)8(12)13-2;1-5(8)10-4-2-3-6(9)7(11)12;3-2(4,5)1-6/h3-5,7-10,13,18H,6,11-12,14H2,1-2H3,(H2,22,23)(H,24,26);1-3,5-8,11,15H,4,9-10,12H2,(H,23,25)(H,27,28)(H4,20,21,22);1-8H,9H2,(H,16,17);7H,3-5,10H2,1-2H3,(H2,9,11);6H,2-4,9H2,1H3,(H2,8,10)(H,11,12);1H/t18-;15-;;7-;6-;/m11.11./s1. The maximum Gasteiger partial charge on any atom is 0.446 e. The van der Waals surface area contributed by atoms with E-state index in [0.717, 1.165) is 23.1 Å². The van der Waals surface area contributed by atoms with Crippen LogP contribution >= 0.6 is 0 Å². The number of carbonyl (C=O) groups excluding carboxylic acids is 5. The van der Waals surface area contributed by atoms with E-state index in [4.69, 9.17) is 59.9 Å². The van der Waals surface area contributed by atoms with Crippen LogP contribution in [0.1, 0.15) is 120 Å². The van der Waals surface area contributed by atoms with Gasteiger partial charge in [-0.3, -0.25) is 58.3 Å². The number of guanidine groups is 1. The second kappa shape index (κ2) is 50.2. The fourth-order valence-electron chi connectivity index (χ4n) is 8.53. The number of hydrogen-bond acceptors (Lipinski definition) is 19. The zero-order valence-corrected chi connectivity index (χ0v) is 58.8. The van der Waals surface area contributed by atoms with Crippen molar-refractivity contribution in [1.29, 1.82) is 0 Å². The molecule has 0 saturated carbocycles. The van der Waals surface area contributed by atoms with Gasteiger partial charge in [0.05, 0.1) is 51.4 Å². The van der Waals surface area contributed by atoms with Gasteiger partial charge >= 0.3 is 36.0 Å². The van der Waals surface area contributed by atoms with Gasteiger partial charge in [0.25, 0.3) is 28.5 Å². The average molecular weight is 1470 g/mol. The van der Waals surface area contributed by atoms with E-state index >= 15 is 0 Å². The molecule has 0 spiro atoms. The van der Waals surface area contributed by atoms with Crippen molar-refractivity contribution in [1.82, 2.24) is 24.3 Å². The second-order valence-corrected chi connectivity index (χ2v) is 22.4. The zero-order valence-electron chi connectivity index (χ0n) is 58.8. The molecule has 0 saturated heterocycles. The Morgan fingerprint density at radius 2 is 0.781 bits per heavy atom. The molecule has 0 unspecified atom stereocenters. The van der Waals surface area contributed by atoms with Crippen LogP contribution in [0.4, 0.5) is 13.2 Å². The Morgan fingerprint density at radius 1 is 0.467 bits per heavy atom. The molecular weight excluding hydrogens is 1380 g/mol. The summed E-state index contributed by atoms with van der Waals surface area (Å²) in [7, 11) is 2.57. The van der Waals surface area contributed by atoms with Gasteiger partial charge in [0.1, 0.15) is 40.9 Å². The minimum atomic E-state index is -4.64. The lowest BCUT2D eigenvalue weighted by atomic mass is 10.1. The molecule has 3 aromatic heterocycles. The molecule has 35 heteroatoms. The normalized spacial score (nSPS) is 12.1. The number of amidine groups is 3. The third-order valence-electron chi connectivity index (χ3n) is 13.7. The van der Waals surface area contributed by atoms with E-state index in [9.17, 15) is 66.2 Å². The number of carboxylic acid groups (broad SMARTS) is 3. The van der Waals surface area contributed by atoms with Gasteiger partial charge in [0.2, 0.25) is 6.29 Å². The van der Waals surface area contributed by atoms with E-state index in [-0.39, 0.29) is 41.6 Å². The first kappa shape index (κ1) is 90.9. The number of aliphatic imine (C=N–C) groups is 4. The molecule has 0 aliphatic rings. The smallest absolute Gasteiger partial charge is 0.446 e. The minimum absolute atomic E-state index is 0.0341. The number of methoxy groups -OCH3 is 2. The Bertz CT molecular complexity index is 4010. The molecule has 0 radical (unpaired) electrons. The highest BCUT2D eigenvalue weighted by Crippen LogP contribution is 2.10. The first-order valence-electron chi connectivity index (χ1n) is 32.2. The third kappa shape index (κ3) is 39.6. The molecule has 0 aliphatic carbocycles. The molecule has 0 bridgehead atoms. The summed E-state index contributed by atoms with van der Waals surface area (Å²) < 4.78 is 44.7. The fourth-order valence-corrected chi connectivity index (χ4v) is 8.53. The highest BCUT2D eigenvalue weighted by molar-refractivity contribution is 5.97. The van der Waals surface area contributed by atoms with E-state index < -0.39 is 89.0 Å². The number of esters is 2. The molecule has 4 atom stereocenters. The van der Waals surface area contributed by atoms with E-state index in [0.29, 0.717) is 95.3 Å². The van der Waals surface area contributed by atoms with Gasteiger partial charge < -0.3 is 89.3 Å². The number of carbonyl (C=O) groups is 8. The highest BCUT2D eigenvalue weighted by Gasteiger charge is 2.26. The van der Waals surface area contributed by atoms with Gasteiger partial charge in [-0.2, -0.15) is 13.2 Å². The predicted octanol–water partition coefficient (Wildman–Crippen LogP) is 3.00. The van der Waals surface area contributed by atoms with Crippen molar-refractivity contribution in [3.05, 3.63) is 210 Å². The van der Waals surface area contributed by atoms with Crippen molar-refractivity contribution in [3.8, 4) is 0 Å². The van der Waals surface area contributed by atoms with Gasteiger partial charge in [-0.25, -0.2) is 14.4 Å². The number of hydrogen-bond donors (Lipinski definition) is 12. The van der Waals surface area contributed by atoms with Crippen molar-refractivity contribution >= 4 is 71.4 Å². The maximum absolute atomic E-state index is 12.7. The lowest BCUT2D eigenvalue weighted by Gasteiger charge is -2.16. The van der Waals surface area contributed by atoms with Crippen LogP contribution in [-0.2, 0) is 53.1 Å². The van der Waals surface area contributed by atoms with E-state index in [1.807, 2.05) is 91.0 Å². The van der Waals surface area contributed by atoms with E-state index in [1.165, 1.54) is 46.1 Å². The molecule has 3 aromatic carbocycles. The zero-order chi connectivity index (χ0) is 79.0. The lowest BCUT2D eigenvalue weighted by Crippen LogP contribution is -2.43. The topological polar surface area (TPSA) is 537 Å². The Morgan fingerprint density at radius 3 is 1.10 bits per heavy atom. The number of nitrogens with two attached hydrogens (primary N) is 7. The van der Waals surface area contributed by atoms with Crippen LogP contribution in [0.25, 0.3) is 0 Å². The Hall–Kier alpha value is -12.1. The molecule has 0 fully saturated rings. The largest absolute Gasteiger partial charge is 0.480 e. The monoisotopic (exact) mass is 1470 g/mol. The summed E-state index contributed by atoms with van der Waals surface area (Å²) in [4.78, 5) is 142. The van der Waals surface area contributed by atoms with E-state index in [1.54, 1.807) is 57.6 Å². The van der Waals surface area contributed by atoms with Crippen LogP contribution in [0.5, 0.6) is 0 Å². The van der Waals surface area contributed by atoms with Crippen molar-refractivity contribution in [2.45, 2.75) is 122 Å². The number of nitrogens with zero attached hydrogens (tertiary/aromatic N) is 7. The second-order valence-electron chi connectivity index (χ2n) is 22.4. The van der Waals surface area contributed by atoms with Crippen molar-refractivity contribution in [3.63, 3.8) is 0 Å². The van der Waals surface area contributed by atoms with Crippen LogP contribution in [0.15, 0.2) is 180 Å². The summed E-state index contributed by atoms with van der Waals surface area (Å²) in [6, 6.07) is 33.8. The number of rotatable bonds is 31. The average Bonchev–Trinajstić information content (AvgIpc) is 0.842. The number of carboxylic acids is 3. The van der Waals surface area contributed by atoms with Crippen LogP contribution in [0.3, 0.4) is 0 Å². The van der Waals surface area contributed by atoms with Gasteiger partial charge in [-0.1, -0.05) is 91.0 Å². The summed E-state index contributed by atoms with van der Waals surface area (Å²) in [5.74, 6) is -4.25. The Labute approximate surface area is 602 Å². The maximum atomic E-state index is 12.7. The van der Waals surface area contributed by atoms with Crippen LogP contribution in [0.2, 0.25) is 0 Å². The summed E-state index contributed by atoms with van der Waals surface area (Å²) in [5.41, 5.74) is 38.3. The summed E-state index contributed by atoms with van der Waals surface area (Å²) >= 11 is 0. The van der Waals surface area contributed by atoms with Gasteiger partial charge in [0, 0.05) is 44.8 Å². The number of ether oxygens (including phenoxy) is 2. The van der Waals surface area contributed by atoms with Crippen molar-refractivity contribution in [2.24, 2.45) is 60.1 Å². The molecule has 105 heavy (non-hydrogen) atoms. The molecule has 570 valence electrons. The summed E-state index contributed by atoms with van der Waals surface area (Å²) in [5, 5.41) is 31.5. The Balaban J connectivity index is 0.000000669. The lowest BCUT2D eigenvalue weighted by molar-refractivity contribution is -0.156. The number of alkyl halides is 3. The molecule has 6 aromatic rings. The molecule has 6 rings (SSSR count). The number of aliphatic carboxylic acids is 2. The highest BCUT2D eigenvalue weighted by atomic mass is 19.4. The van der Waals surface area contributed by atoms with Gasteiger partial charge in [0.15, 0.2) is 5.96 Å². The summed E-state index contributed by atoms with van der Waals surface area (Å²) in [6.07, 6.45) is 2.83. The minimum Gasteiger partial charge on any atom is -0.480 e. The van der Waals surface area contributed by atoms with Crippen LogP contribution in [0, 0.1) is 0 Å². The Kier molecular flexibility index (Phi) is 43.5. The number of aromatic carboxylic acids is 1. The molecule has 0 aliphatic heterocycles. The number of pyridine rings is 3. The van der Waals surface area contributed by atoms with Crippen molar-refractivity contribution < 1.29 is 76.3 Å². The molecule has 32 nitrogen and oxygen atoms in total. The van der Waals surface area contributed by atoms with E-state index in [2.05, 4.69) is 35.3 Å². The number of nitrogens with one attached hydrogen (secondary N) is 2. The number of benzene rings is 3. The first-order chi connectivity index (χ1) is 49.7. The number of aromatic nitrogens is 3. The molecule has 19 N–H and O–H groups in total. The van der Waals surface area contributed by atoms with Crippen molar-refractivity contribution in [2.75, 3.05) is 40.4 Å². The quantitative estimate of drug-likeness (QED) is 0.00978. The third-order valence-corrected chi connectivity index (χ3v) is 13.7. The number of halogens is 3.